The van der Waals surface area contributed by atoms with Gasteiger partial charge in [0.1, 0.15) is 6.26 Å². The van der Waals surface area contributed by atoms with Crippen LogP contribution in [0, 0.1) is 5.82 Å². The highest BCUT2D eigenvalue weighted by Gasteiger charge is 2.20. The topological polar surface area (TPSA) is 85.1 Å². The summed E-state index contributed by atoms with van der Waals surface area (Å²) in [6, 6.07) is 14.2. The maximum atomic E-state index is 13.8. The summed E-state index contributed by atoms with van der Waals surface area (Å²) in [7, 11) is -4.15. The Balaban J connectivity index is 1.62. The number of nitrogens with zero attached hydrogens (tertiary/aromatic N) is 2. The first kappa shape index (κ1) is 19.1. The van der Waals surface area contributed by atoms with Crippen LogP contribution in [0.5, 0.6) is 0 Å². The fraction of sp³-hybridized carbons (Fsp3) is 0. The van der Waals surface area contributed by atoms with Crippen molar-refractivity contribution in [3.05, 3.63) is 84.1 Å². The quantitative estimate of drug-likeness (QED) is 0.482. The minimum atomic E-state index is -4.15. The zero-order chi connectivity index (χ0) is 20.4. The number of aromatic nitrogens is 2. The molecule has 0 bridgehead atoms. The molecule has 2 aromatic carbocycles. The van der Waals surface area contributed by atoms with E-state index in [2.05, 4.69) is 14.7 Å². The number of rotatable bonds is 5. The normalized spacial score (nSPS) is 11.4. The highest BCUT2D eigenvalue weighted by atomic mass is 35.5. The fourth-order valence-electron chi connectivity index (χ4n) is 2.74. The Labute approximate surface area is 171 Å². The Kier molecular flexibility index (Phi) is 5.04. The van der Waals surface area contributed by atoms with Crippen LogP contribution in [0.15, 0.2) is 82.7 Å². The zero-order valence-electron chi connectivity index (χ0n) is 14.7. The van der Waals surface area contributed by atoms with E-state index in [0.717, 1.165) is 22.8 Å². The average molecular weight is 430 g/mol. The number of oxazole rings is 1. The predicted octanol–water partition coefficient (Wildman–Crippen LogP) is 5.00. The van der Waals surface area contributed by atoms with Crippen LogP contribution in [0.4, 0.5) is 10.1 Å². The first-order valence-electron chi connectivity index (χ1n) is 8.37. The van der Waals surface area contributed by atoms with Gasteiger partial charge in [-0.3, -0.25) is 4.72 Å². The molecule has 9 heteroatoms. The van der Waals surface area contributed by atoms with E-state index in [0.29, 0.717) is 10.9 Å². The Hall–Kier alpha value is -3.23. The molecule has 2 aromatic heterocycles. The summed E-state index contributed by atoms with van der Waals surface area (Å²) in [6.07, 6.45) is 4.24. The summed E-state index contributed by atoms with van der Waals surface area (Å²) in [4.78, 5) is 7.72. The van der Waals surface area contributed by atoms with Gasteiger partial charge >= 0.3 is 0 Å². The molecule has 1 N–H and O–H groups in total. The molecule has 146 valence electrons. The second-order valence-corrected chi connectivity index (χ2v) is 8.01. The van der Waals surface area contributed by atoms with Gasteiger partial charge in [-0.25, -0.2) is 14.4 Å². The first-order chi connectivity index (χ1) is 13.9. The number of sulfonamides is 1. The van der Waals surface area contributed by atoms with Gasteiger partial charge in [-0.05, 0) is 48.0 Å². The molecule has 0 unspecified atom stereocenters. The number of halogens is 2. The Morgan fingerprint density at radius 3 is 2.41 bits per heavy atom. The zero-order valence-corrected chi connectivity index (χ0v) is 16.3. The highest BCUT2D eigenvalue weighted by molar-refractivity contribution is 7.92. The summed E-state index contributed by atoms with van der Waals surface area (Å²) in [5, 5.41) is -0.144. The van der Waals surface area contributed by atoms with Crippen molar-refractivity contribution in [2.24, 2.45) is 0 Å². The number of benzene rings is 2. The van der Waals surface area contributed by atoms with Crippen LogP contribution in [0.25, 0.3) is 22.6 Å². The van der Waals surface area contributed by atoms with Gasteiger partial charge in [0.25, 0.3) is 10.0 Å². The number of nitrogens with one attached hydrogen (secondary N) is 1. The largest absolute Gasteiger partial charge is 0.445 e. The van der Waals surface area contributed by atoms with Gasteiger partial charge in [0.2, 0.25) is 10.9 Å². The van der Waals surface area contributed by atoms with E-state index in [1.54, 1.807) is 42.6 Å². The summed E-state index contributed by atoms with van der Waals surface area (Å²) in [5.74, 6) is -0.462. The molecule has 4 rings (SSSR count). The van der Waals surface area contributed by atoms with Gasteiger partial charge in [0.15, 0.2) is 5.82 Å². The molecule has 2 heterocycles. The molecule has 4 aromatic rings. The molecular formula is C20H13ClFN3O3S. The maximum Gasteiger partial charge on any atom is 0.282 e. The molecule has 6 nitrogen and oxygen atoms in total. The minimum Gasteiger partial charge on any atom is -0.445 e. The van der Waals surface area contributed by atoms with Gasteiger partial charge in [-0.1, -0.05) is 23.7 Å². The van der Waals surface area contributed by atoms with E-state index in [1.165, 1.54) is 18.5 Å². The smallest absolute Gasteiger partial charge is 0.282 e. The summed E-state index contributed by atoms with van der Waals surface area (Å²) in [5.41, 5.74) is 2.51. The van der Waals surface area contributed by atoms with Crippen LogP contribution in [-0.2, 0) is 10.0 Å². The lowest BCUT2D eigenvalue weighted by molar-refractivity contribution is 0.557. The van der Waals surface area contributed by atoms with E-state index >= 15 is 0 Å². The van der Waals surface area contributed by atoms with Crippen molar-refractivity contribution in [2.45, 2.75) is 5.03 Å². The third kappa shape index (κ3) is 3.98. The molecule has 0 atom stereocenters. The van der Waals surface area contributed by atoms with Crippen molar-refractivity contribution >= 4 is 27.3 Å². The van der Waals surface area contributed by atoms with Crippen LogP contribution in [-0.4, -0.2) is 18.4 Å². The lowest BCUT2D eigenvalue weighted by Gasteiger charge is -2.10. The molecule has 0 saturated heterocycles. The third-order valence-electron chi connectivity index (χ3n) is 4.07. The minimum absolute atomic E-state index is 0.263. The van der Waals surface area contributed by atoms with Crippen LogP contribution in [0.2, 0.25) is 5.02 Å². The molecular weight excluding hydrogens is 417 g/mol. The van der Waals surface area contributed by atoms with E-state index in [1.807, 2.05) is 6.07 Å². The number of hydrogen-bond donors (Lipinski definition) is 1. The number of anilines is 1. The molecule has 0 aliphatic rings. The molecule has 0 aliphatic carbocycles. The van der Waals surface area contributed by atoms with Crippen molar-refractivity contribution < 1.29 is 17.2 Å². The second kappa shape index (κ2) is 7.65. The molecule has 0 aliphatic heterocycles. The van der Waals surface area contributed by atoms with E-state index < -0.39 is 20.9 Å². The molecule has 0 fully saturated rings. The fourth-order valence-corrected chi connectivity index (χ4v) is 4.03. The lowest BCUT2D eigenvalue weighted by atomic mass is 10.0. The Morgan fingerprint density at radius 2 is 1.72 bits per heavy atom. The molecule has 0 amide bonds. The van der Waals surface area contributed by atoms with E-state index in [4.69, 9.17) is 16.0 Å². The van der Waals surface area contributed by atoms with Gasteiger partial charge in [0, 0.05) is 28.0 Å². The van der Waals surface area contributed by atoms with Crippen molar-refractivity contribution in [3.63, 3.8) is 0 Å². The Bertz CT molecular complexity index is 1260. The average Bonchev–Trinajstić information content (AvgIpc) is 3.24. The van der Waals surface area contributed by atoms with Crippen LogP contribution in [0.1, 0.15) is 0 Å². The van der Waals surface area contributed by atoms with E-state index in [-0.39, 0.29) is 5.69 Å². The molecule has 0 saturated carbocycles. The standard InChI is InChI=1S/C20H13ClFN3O3S/c21-17-8-5-14(19-23-10-11-28-19)12-16(17)13-3-6-15(7-4-13)25-29(26,27)20-18(22)2-1-9-24-20/h1-12,25H. The summed E-state index contributed by atoms with van der Waals surface area (Å²) in [6.45, 7) is 0. The molecule has 29 heavy (non-hydrogen) atoms. The second-order valence-electron chi connectivity index (χ2n) is 6.01. The Morgan fingerprint density at radius 1 is 0.966 bits per heavy atom. The van der Waals surface area contributed by atoms with Crippen molar-refractivity contribution in [3.8, 4) is 22.6 Å². The van der Waals surface area contributed by atoms with Crippen molar-refractivity contribution in [2.75, 3.05) is 4.72 Å². The summed E-state index contributed by atoms with van der Waals surface area (Å²) < 4.78 is 46.1. The number of pyridine rings is 1. The monoisotopic (exact) mass is 429 g/mol. The summed E-state index contributed by atoms with van der Waals surface area (Å²) >= 11 is 6.32. The predicted molar refractivity (Wildman–Crippen MR) is 107 cm³/mol. The molecule has 0 spiro atoms. The first-order valence-corrected chi connectivity index (χ1v) is 10.2. The van der Waals surface area contributed by atoms with Crippen molar-refractivity contribution in [1.29, 1.82) is 0 Å². The van der Waals surface area contributed by atoms with Crippen molar-refractivity contribution in [1.82, 2.24) is 9.97 Å². The van der Waals surface area contributed by atoms with Crippen LogP contribution < -0.4 is 4.72 Å². The van der Waals surface area contributed by atoms with Gasteiger partial charge in [-0.15, -0.1) is 0 Å². The third-order valence-corrected chi connectivity index (χ3v) is 5.72. The van der Waals surface area contributed by atoms with Gasteiger partial charge in [0.05, 0.1) is 6.20 Å². The SMILES string of the molecule is O=S(=O)(Nc1ccc(-c2cc(-c3ncco3)ccc2Cl)cc1)c1ncccc1F. The maximum absolute atomic E-state index is 13.8. The lowest BCUT2D eigenvalue weighted by Crippen LogP contribution is -2.16. The van der Waals surface area contributed by atoms with Gasteiger partial charge in [-0.2, -0.15) is 8.42 Å². The van der Waals surface area contributed by atoms with E-state index in [9.17, 15) is 12.8 Å². The van der Waals surface area contributed by atoms with Crippen LogP contribution in [0.3, 0.4) is 0 Å². The highest BCUT2D eigenvalue weighted by Crippen LogP contribution is 2.33. The number of hydrogen-bond acceptors (Lipinski definition) is 5. The molecule has 0 radical (unpaired) electrons. The van der Waals surface area contributed by atoms with Gasteiger partial charge < -0.3 is 4.42 Å². The van der Waals surface area contributed by atoms with Crippen LogP contribution >= 0.6 is 11.6 Å².